The number of carbonyl (C=O) groups excluding carboxylic acids is 1. The second-order valence-corrected chi connectivity index (χ2v) is 9.03. The van der Waals surface area contributed by atoms with Crippen LogP contribution in [0.5, 0.6) is 11.5 Å². The number of nitrogens with one attached hydrogen (secondary N) is 1. The predicted octanol–water partition coefficient (Wildman–Crippen LogP) is 7.15. The molecule has 0 saturated heterocycles. The van der Waals surface area contributed by atoms with Crippen molar-refractivity contribution in [3.63, 3.8) is 0 Å². The van der Waals surface area contributed by atoms with E-state index in [2.05, 4.69) is 5.09 Å². The lowest BCUT2D eigenvalue weighted by Gasteiger charge is -2.23. The van der Waals surface area contributed by atoms with E-state index in [9.17, 15) is 9.36 Å². The van der Waals surface area contributed by atoms with Gasteiger partial charge in [-0.2, -0.15) is 5.09 Å². The summed E-state index contributed by atoms with van der Waals surface area (Å²) >= 11 is 0. The minimum absolute atomic E-state index is 0.111. The molecule has 0 aliphatic carbocycles. The Kier molecular flexibility index (Phi) is 9.47. The van der Waals surface area contributed by atoms with Crippen LogP contribution in [0.15, 0.2) is 103 Å². The van der Waals surface area contributed by atoms with E-state index in [1.54, 1.807) is 37.3 Å². The van der Waals surface area contributed by atoms with E-state index in [4.69, 9.17) is 13.8 Å². The molecule has 7 heteroatoms. The van der Waals surface area contributed by atoms with Gasteiger partial charge in [-0.15, -0.1) is 0 Å². The Balaban J connectivity index is 0.00000167. The molecule has 1 N–H and O–H groups in total. The zero-order valence-electron chi connectivity index (χ0n) is 20.1. The summed E-state index contributed by atoms with van der Waals surface area (Å²) < 4.78 is 30.9. The third-order valence-electron chi connectivity index (χ3n) is 4.87. The van der Waals surface area contributed by atoms with Crippen LogP contribution in [0.1, 0.15) is 26.3 Å². The van der Waals surface area contributed by atoms with Gasteiger partial charge in [-0.3, -0.25) is 4.79 Å². The van der Waals surface area contributed by atoms with E-state index in [1.165, 1.54) is 0 Å². The molecule has 182 valence electrons. The molecule has 0 spiro atoms. The van der Waals surface area contributed by atoms with Crippen LogP contribution in [0.4, 0.5) is 0 Å². The second kappa shape index (κ2) is 12.7. The van der Waals surface area contributed by atoms with Crippen molar-refractivity contribution in [3.8, 4) is 11.5 Å². The van der Waals surface area contributed by atoms with E-state index in [0.29, 0.717) is 11.5 Å². The number of benzene rings is 4. The summed E-state index contributed by atoms with van der Waals surface area (Å²) in [6.07, 6.45) is 0. The fourth-order valence-electron chi connectivity index (χ4n) is 3.24. The monoisotopic (exact) mass is 491 g/mol. The van der Waals surface area contributed by atoms with Crippen molar-refractivity contribution in [3.05, 3.63) is 109 Å². The highest BCUT2D eigenvalue weighted by Gasteiger charge is 2.34. The third-order valence-corrected chi connectivity index (χ3v) is 6.46. The average Bonchev–Trinajstić information content (AvgIpc) is 2.89. The third kappa shape index (κ3) is 7.44. The molecule has 4 aromatic rings. The fraction of sp³-hybridized carbons (Fsp3) is 0.179. The number of carbonyl (C=O) groups is 1. The Labute approximate surface area is 206 Å². The molecule has 1 unspecified atom stereocenters. The van der Waals surface area contributed by atoms with E-state index < -0.39 is 19.8 Å². The smallest absolute Gasteiger partial charge is 0.460 e. The summed E-state index contributed by atoms with van der Waals surface area (Å²) in [5.74, 6) is 0.153. The van der Waals surface area contributed by atoms with Crippen LogP contribution in [-0.2, 0) is 20.7 Å². The van der Waals surface area contributed by atoms with E-state index in [1.807, 2.05) is 86.6 Å². The first-order valence-electron chi connectivity index (χ1n) is 11.5. The number of fused-ring (bicyclic) bond motifs is 1. The molecule has 0 bridgehead atoms. The molecule has 4 rings (SSSR count). The number of hydrogen-bond donors (Lipinski definition) is 1. The molecule has 0 heterocycles. The highest BCUT2D eigenvalue weighted by molar-refractivity contribution is 7.52. The molecular weight excluding hydrogens is 461 g/mol. The molecule has 6 nitrogen and oxygen atoms in total. The van der Waals surface area contributed by atoms with Gasteiger partial charge in [-0.1, -0.05) is 98.8 Å². The van der Waals surface area contributed by atoms with Crippen molar-refractivity contribution in [2.45, 2.75) is 33.4 Å². The summed E-state index contributed by atoms with van der Waals surface area (Å²) in [5.41, 5.74) is 0.855. The molecule has 0 radical (unpaired) electrons. The lowest BCUT2D eigenvalue weighted by Crippen LogP contribution is -2.35. The summed E-state index contributed by atoms with van der Waals surface area (Å²) in [6.45, 7) is 5.67. The van der Waals surface area contributed by atoms with E-state index in [-0.39, 0.29) is 6.61 Å². The number of para-hydroxylation sites is 1. The van der Waals surface area contributed by atoms with Gasteiger partial charge in [-0.25, -0.2) is 4.57 Å². The fourth-order valence-corrected chi connectivity index (χ4v) is 4.78. The van der Waals surface area contributed by atoms with E-state index in [0.717, 1.165) is 16.3 Å². The van der Waals surface area contributed by atoms with Crippen molar-refractivity contribution in [1.29, 1.82) is 0 Å². The standard InChI is InChI=1S/C26H24NO5P.C2H6/c1-20(26(28)30-19-21-11-4-2-5-12-21)27-33(29,31-23-15-6-3-7-16-23)32-25-18-10-14-22-13-8-9-17-24(22)25;1-2/h2-18,20H,19H2,1H3,(H,27,29);1-2H3/t20-,33?;/m0./s1. The van der Waals surface area contributed by atoms with E-state index >= 15 is 0 Å². The molecular formula is C28H30NO5P. The number of ether oxygens (including phenoxy) is 1. The lowest BCUT2D eigenvalue weighted by molar-refractivity contribution is -0.146. The molecule has 0 aliphatic heterocycles. The number of rotatable bonds is 9. The Bertz CT molecular complexity index is 1260. The lowest BCUT2D eigenvalue weighted by atomic mass is 10.1. The zero-order valence-corrected chi connectivity index (χ0v) is 21.0. The van der Waals surface area contributed by atoms with Crippen LogP contribution in [0, 0.1) is 0 Å². The Morgan fingerprint density at radius 3 is 2.11 bits per heavy atom. The molecule has 4 aromatic carbocycles. The quantitative estimate of drug-likeness (QED) is 0.198. The van der Waals surface area contributed by atoms with Gasteiger partial charge in [0.2, 0.25) is 0 Å². The minimum Gasteiger partial charge on any atom is -0.460 e. The summed E-state index contributed by atoms with van der Waals surface area (Å²) in [6, 6.07) is 30.1. The van der Waals surface area contributed by atoms with Gasteiger partial charge in [-0.05, 0) is 36.1 Å². The topological polar surface area (TPSA) is 73.9 Å². The van der Waals surface area contributed by atoms with Crippen LogP contribution < -0.4 is 14.1 Å². The highest BCUT2D eigenvalue weighted by atomic mass is 31.2. The first-order valence-corrected chi connectivity index (χ1v) is 13.1. The van der Waals surface area contributed by atoms with Crippen molar-refractivity contribution < 1.29 is 23.1 Å². The zero-order chi connectivity index (χ0) is 25.1. The normalized spacial score (nSPS) is 13.0. The van der Waals surface area contributed by atoms with Crippen LogP contribution in [-0.4, -0.2) is 12.0 Å². The van der Waals surface area contributed by atoms with Gasteiger partial charge in [0, 0.05) is 5.39 Å². The Hall–Kier alpha value is -3.60. The maximum atomic E-state index is 13.8. The van der Waals surface area contributed by atoms with Gasteiger partial charge in [0.15, 0.2) is 0 Å². The molecule has 0 aromatic heterocycles. The molecule has 0 saturated carbocycles. The van der Waals surface area contributed by atoms with Crippen LogP contribution >= 0.6 is 7.75 Å². The first-order chi connectivity index (χ1) is 17.0. The van der Waals surface area contributed by atoms with Crippen molar-refractivity contribution in [2.24, 2.45) is 0 Å². The largest absolute Gasteiger partial charge is 0.513 e. The summed E-state index contributed by atoms with van der Waals surface area (Å²) in [4.78, 5) is 12.6. The van der Waals surface area contributed by atoms with Crippen LogP contribution in [0.25, 0.3) is 10.8 Å². The van der Waals surface area contributed by atoms with Gasteiger partial charge in [0.1, 0.15) is 24.1 Å². The van der Waals surface area contributed by atoms with Crippen LogP contribution in [0.2, 0.25) is 0 Å². The van der Waals surface area contributed by atoms with Crippen LogP contribution in [0.3, 0.4) is 0 Å². The molecule has 35 heavy (non-hydrogen) atoms. The number of esters is 1. The van der Waals surface area contributed by atoms with Gasteiger partial charge >= 0.3 is 13.7 Å². The van der Waals surface area contributed by atoms with Gasteiger partial charge in [0.25, 0.3) is 0 Å². The van der Waals surface area contributed by atoms with Crippen molar-refractivity contribution in [2.75, 3.05) is 0 Å². The number of hydrogen-bond acceptors (Lipinski definition) is 5. The van der Waals surface area contributed by atoms with Gasteiger partial charge in [0.05, 0.1) is 0 Å². The Morgan fingerprint density at radius 1 is 0.800 bits per heavy atom. The molecule has 0 amide bonds. The summed E-state index contributed by atoms with van der Waals surface area (Å²) in [7, 11) is -4.02. The second-order valence-electron chi connectivity index (χ2n) is 7.41. The molecule has 0 fully saturated rings. The molecule has 0 aliphatic rings. The molecule has 2 atom stereocenters. The Morgan fingerprint density at radius 2 is 1.40 bits per heavy atom. The highest BCUT2D eigenvalue weighted by Crippen LogP contribution is 2.47. The van der Waals surface area contributed by atoms with Gasteiger partial charge < -0.3 is 13.8 Å². The predicted molar refractivity (Wildman–Crippen MR) is 139 cm³/mol. The summed E-state index contributed by atoms with van der Waals surface area (Å²) in [5, 5.41) is 4.43. The van der Waals surface area contributed by atoms with Crippen molar-refractivity contribution in [1.82, 2.24) is 5.09 Å². The maximum absolute atomic E-state index is 13.8. The SMILES string of the molecule is CC.C[C@H](NP(=O)(Oc1ccccc1)Oc1cccc2ccccc12)C(=O)OCc1ccccc1. The van der Waals surface area contributed by atoms with Crippen molar-refractivity contribution >= 4 is 24.5 Å². The maximum Gasteiger partial charge on any atom is 0.513 e. The average molecular weight is 492 g/mol. The first kappa shape index (κ1) is 26.0. The minimum atomic E-state index is -4.02.